The quantitative estimate of drug-likeness (QED) is 0.514. The summed E-state index contributed by atoms with van der Waals surface area (Å²) < 4.78 is 5.01. The molecular weight excluding hydrogens is 266 g/mol. The molecule has 2 aromatic carbocycles. The zero-order valence-electron chi connectivity index (χ0n) is 10.2. The van der Waals surface area contributed by atoms with Crippen molar-refractivity contribution in [3.05, 3.63) is 52.5 Å². The number of aromatic hydroxyl groups is 1. The molecule has 0 spiro atoms. The van der Waals surface area contributed by atoms with Gasteiger partial charge in [-0.25, -0.2) is 0 Å². The number of carbonyl (C=O) groups excluding carboxylic acids is 1. The van der Waals surface area contributed by atoms with E-state index in [1.54, 1.807) is 31.4 Å². The smallest absolute Gasteiger partial charge is 0.196 e. The minimum absolute atomic E-state index is 0.0735. The Morgan fingerprint density at radius 1 is 1.26 bits per heavy atom. The van der Waals surface area contributed by atoms with Crippen molar-refractivity contribution in [2.75, 3.05) is 12.8 Å². The Hall–Kier alpha value is -2.20. The summed E-state index contributed by atoms with van der Waals surface area (Å²) in [5.41, 5.74) is 6.14. The molecule has 2 rings (SSSR count). The van der Waals surface area contributed by atoms with Gasteiger partial charge in [-0.2, -0.15) is 0 Å². The minimum atomic E-state index is -0.352. The highest BCUT2D eigenvalue weighted by molar-refractivity contribution is 6.31. The van der Waals surface area contributed by atoms with Crippen LogP contribution in [0.3, 0.4) is 0 Å². The van der Waals surface area contributed by atoms with Gasteiger partial charge in [0.25, 0.3) is 0 Å². The molecule has 98 valence electrons. The van der Waals surface area contributed by atoms with Crippen LogP contribution in [0.5, 0.6) is 11.5 Å². The zero-order chi connectivity index (χ0) is 14.0. The van der Waals surface area contributed by atoms with Crippen LogP contribution >= 0.6 is 11.6 Å². The lowest BCUT2D eigenvalue weighted by Gasteiger charge is -2.08. The molecule has 2 aromatic rings. The lowest BCUT2D eigenvalue weighted by Crippen LogP contribution is -2.03. The summed E-state index contributed by atoms with van der Waals surface area (Å²) in [6, 6.07) is 9.33. The van der Waals surface area contributed by atoms with Crippen LogP contribution in [-0.2, 0) is 0 Å². The van der Waals surface area contributed by atoms with Crippen molar-refractivity contribution >= 4 is 23.1 Å². The summed E-state index contributed by atoms with van der Waals surface area (Å²) >= 11 is 5.84. The summed E-state index contributed by atoms with van der Waals surface area (Å²) in [6.07, 6.45) is 0. The summed E-state index contributed by atoms with van der Waals surface area (Å²) in [6.45, 7) is 0. The molecule has 0 fully saturated rings. The number of nitrogens with two attached hydrogens (primary N) is 1. The Labute approximate surface area is 115 Å². The maximum Gasteiger partial charge on any atom is 0.196 e. The minimum Gasteiger partial charge on any atom is -0.505 e. The maximum absolute atomic E-state index is 12.3. The number of ketones is 1. The number of phenolic OH excluding ortho intramolecular Hbond substituents is 1. The number of hydrogen-bond acceptors (Lipinski definition) is 4. The topological polar surface area (TPSA) is 72.5 Å². The number of halogens is 1. The van der Waals surface area contributed by atoms with Gasteiger partial charge >= 0.3 is 0 Å². The highest BCUT2D eigenvalue weighted by Gasteiger charge is 2.16. The zero-order valence-corrected chi connectivity index (χ0v) is 10.9. The number of rotatable bonds is 3. The second-order valence-corrected chi connectivity index (χ2v) is 4.39. The molecule has 0 saturated carbocycles. The Bertz CT molecular complexity index is 623. The fourth-order valence-corrected chi connectivity index (χ4v) is 1.92. The normalized spacial score (nSPS) is 10.2. The lowest BCUT2D eigenvalue weighted by atomic mass is 10.0. The second-order valence-electron chi connectivity index (χ2n) is 3.95. The van der Waals surface area contributed by atoms with Crippen LogP contribution < -0.4 is 10.5 Å². The Morgan fingerprint density at radius 3 is 2.47 bits per heavy atom. The van der Waals surface area contributed by atoms with E-state index in [2.05, 4.69) is 0 Å². The Kier molecular flexibility index (Phi) is 3.62. The van der Waals surface area contributed by atoms with Crippen molar-refractivity contribution in [2.24, 2.45) is 0 Å². The molecule has 0 heterocycles. The summed E-state index contributed by atoms with van der Waals surface area (Å²) in [5, 5.41) is 10.1. The Morgan fingerprint density at radius 2 is 1.89 bits per heavy atom. The van der Waals surface area contributed by atoms with Gasteiger partial charge in [0.05, 0.1) is 18.4 Å². The number of phenols is 1. The van der Waals surface area contributed by atoms with Gasteiger partial charge in [0, 0.05) is 10.6 Å². The van der Waals surface area contributed by atoms with E-state index in [0.29, 0.717) is 16.3 Å². The first kappa shape index (κ1) is 13.2. The highest BCUT2D eigenvalue weighted by atomic mass is 35.5. The van der Waals surface area contributed by atoms with Crippen molar-refractivity contribution in [1.29, 1.82) is 0 Å². The van der Waals surface area contributed by atoms with Crippen LogP contribution in [0.15, 0.2) is 36.4 Å². The van der Waals surface area contributed by atoms with E-state index in [0.717, 1.165) is 0 Å². The molecule has 19 heavy (non-hydrogen) atoms. The number of nitrogen functional groups attached to an aromatic ring is 1. The molecule has 0 unspecified atom stereocenters. The van der Waals surface area contributed by atoms with E-state index >= 15 is 0 Å². The lowest BCUT2D eigenvalue weighted by molar-refractivity contribution is 0.103. The highest BCUT2D eigenvalue weighted by Crippen LogP contribution is 2.31. The van der Waals surface area contributed by atoms with Crippen molar-refractivity contribution in [3.63, 3.8) is 0 Å². The number of benzene rings is 2. The fourth-order valence-electron chi connectivity index (χ4n) is 1.69. The van der Waals surface area contributed by atoms with Gasteiger partial charge in [-0.1, -0.05) is 11.6 Å². The van der Waals surface area contributed by atoms with Gasteiger partial charge in [0.15, 0.2) is 5.78 Å². The molecule has 0 aromatic heterocycles. The average molecular weight is 278 g/mol. The second kappa shape index (κ2) is 5.20. The molecule has 0 aliphatic rings. The number of methoxy groups -OCH3 is 1. The summed E-state index contributed by atoms with van der Waals surface area (Å²) in [7, 11) is 1.54. The molecular formula is C14H12ClNO3. The van der Waals surface area contributed by atoms with Gasteiger partial charge in [-0.05, 0) is 36.4 Å². The monoisotopic (exact) mass is 277 g/mol. The van der Waals surface area contributed by atoms with Crippen LogP contribution in [0.1, 0.15) is 15.9 Å². The van der Waals surface area contributed by atoms with Crippen molar-refractivity contribution in [1.82, 2.24) is 0 Å². The van der Waals surface area contributed by atoms with Crippen molar-refractivity contribution in [2.45, 2.75) is 0 Å². The van der Waals surface area contributed by atoms with Crippen LogP contribution in [0.4, 0.5) is 5.69 Å². The van der Waals surface area contributed by atoms with E-state index in [4.69, 9.17) is 22.1 Å². The molecule has 0 radical (unpaired) electrons. The number of ether oxygens (including phenoxy) is 1. The average Bonchev–Trinajstić information content (AvgIpc) is 2.42. The van der Waals surface area contributed by atoms with Crippen molar-refractivity contribution < 1.29 is 14.6 Å². The number of anilines is 1. The summed E-state index contributed by atoms with van der Waals surface area (Å²) in [5.74, 6) is 0.0333. The van der Waals surface area contributed by atoms with Gasteiger partial charge < -0.3 is 15.6 Å². The van der Waals surface area contributed by atoms with E-state index in [-0.39, 0.29) is 22.8 Å². The SMILES string of the molecule is COc1ccc(C(=O)c2cc(Cl)cc(N)c2O)cc1. The molecule has 4 nitrogen and oxygen atoms in total. The van der Waals surface area contributed by atoms with Crippen LogP contribution in [-0.4, -0.2) is 18.0 Å². The van der Waals surface area contributed by atoms with Gasteiger partial charge in [0.2, 0.25) is 0 Å². The molecule has 5 heteroatoms. The van der Waals surface area contributed by atoms with E-state index < -0.39 is 0 Å². The third kappa shape index (κ3) is 2.63. The predicted molar refractivity (Wildman–Crippen MR) is 74.0 cm³/mol. The van der Waals surface area contributed by atoms with Crippen LogP contribution in [0.25, 0.3) is 0 Å². The molecule has 0 atom stereocenters. The Balaban J connectivity index is 2.43. The first-order valence-electron chi connectivity index (χ1n) is 5.49. The molecule has 0 aliphatic carbocycles. The van der Waals surface area contributed by atoms with Crippen molar-refractivity contribution in [3.8, 4) is 11.5 Å². The van der Waals surface area contributed by atoms with Gasteiger partial charge in [-0.3, -0.25) is 4.79 Å². The first-order valence-corrected chi connectivity index (χ1v) is 5.87. The molecule has 0 bridgehead atoms. The van der Waals surface area contributed by atoms with E-state index in [1.165, 1.54) is 12.1 Å². The van der Waals surface area contributed by atoms with E-state index in [1.807, 2.05) is 0 Å². The maximum atomic E-state index is 12.3. The van der Waals surface area contributed by atoms with Gasteiger partial charge in [0.1, 0.15) is 11.5 Å². The number of carbonyl (C=O) groups is 1. The standard InChI is InChI=1S/C14H12ClNO3/c1-19-10-4-2-8(3-5-10)13(17)11-6-9(15)7-12(16)14(11)18/h2-7,18H,16H2,1H3. The van der Waals surface area contributed by atoms with Crippen LogP contribution in [0.2, 0.25) is 5.02 Å². The predicted octanol–water partition coefficient (Wildman–Crippen LogP) is 2.87. The third-order valence-corrected chi connectivity index (χ3v) is 2.92. The summed E-state index contributed by atoms with van der Waals surface area (Å²) in [4.78, 5) is 12.3. The van der Waals surface area contributed by atoms with Crippen LogP contribution in [0, 0.1) is 0 Å². The molecule has 0 saturated heterocycles. The first-order chi connectivity index (χ1) is 9.02. The molecule has 0 aliphatic heterocycles. The van der Waals surface area contributed by atoms with E-state index in [9.17, 15) is 9.90 Å². The third-order valence-electron chi connectivity index (χ3n) is 2.70. The van der Waals surface area contributed by atoms with Gasteiger partial charge in [-0.15, -0.1) is 0 Å². The molecule has 3 N–H and O–H groups in total. The molecule has 0 amide bonds. The fraction of sp³-hybridized carbons (Fsp3) is 0.0714. The number of hydrogen-bond donors (Lipinski definition) is 2. The largest absolute Gasteiger partial charge is 0.505 e.